The van der Waals surface area contributed by atoms with E-state index in [2.05, 4.69) is 0 Å². The molecule has 2 rings (SSSR count). The fourth-order valence-corrected chi connectivity index (χ4v) is 3.25. The van der Waals surface area contributed by atoms with Crippen molar-refractivity contribution >= 4 is 28.0 Å². The Hall–Kier alpha value is -2.37. The molecule has 0 fully saturated rings. The molecule has 0 saturated carbocycles. The summed E-state index contributed by atoms with van der Waals surface area (Å²) in [5.41, 5.74) is 0.781. The van der Waals surface area contributed by atoms with Gasteiger partial charge in [0.15, 0.2) is 0 Å². The minimum absolute atomic E-state index is 0.0270. The first kappa shape index (κ1) is 21.9. The van der Waals surface area contributed by atoms with Crippen LogP contribution in [0.3, 0.4) is 0 Å². The van der Waals surface area contributed by atoms with Crippen LogP contribution >= 0.6 is 0 Å². The minimum atomic E-state index is -4.43. The lowest BCUT2D eigenvalue weighted by molar-refractivity contribution is -0.174. The third kappa shape index (κ3) is 5.57. The first-order valence-electron chi connectivity index (χ1n) is 8.49. The van der Waals surface area contributed by atoms with Crippen LogP contribution in [-0.2, 0) is 37.6 Å². The Kier molecular flexibility index (Phi) is 6.21. The number of benzene rings is 1. The lowest BCUT2D eigenvalue weighted by Gasteiger charge is -2.38. The molecule has 28 heavy (non-hydrogen) atoms. The van der Waals surface area contributed by atoms with E-state index in [0.29, 0.717) is 5.56 Å². The zero-order valence-electron chi connectivity index (χ0n) is 16.4. The Labute approximate surface area is 164 Å². The second kappa shape index (κ2) is 7.94. The van der Waals surface area contributed by atoms with Gasteiger partial charge in [0, 0.05) is 13.5 Å². The quantitative estimate of drug-likeness (QED) is 0.565. The Morgan fingerprint density at radius 3 is 2.46 bits per heavy atom. The monoisotopic (exact) mass is 415 g/mol. The van der Waals surface area contributed by atoms with Crippen molar-refractivity contribution in [2.75, 3.05) is 18.9 Å². The van der Waals surface area contributed by atoms with E-state index < -0.39 is 33.9 Å². The van der Waals surface area contributed by atoms with Crippen molar-refractivity contribution in [2.24, 2.45) is 0 Å². The number of hydrogen-bond donors (Lipinski definition) is 2. The highest BCUT2D eigenvalue weighted by Gasteiger charge is 2.38. The zero-order valence-corrected chi connectivity index (χ0v) is 17.2. The van der Waals surface area contributed by atoms with E-state index in [-0.39, 0.29) is 18.7 Å². The van der Waals surface area contributed by atoms with Crippen LogP contribution < -0.4 is 4.72 Å². The third-order valence-corrected chi connectivity index (χ3v) is 4.57. The number of rotatable bonds is 4. The normalized spacial score (nSPS) is 16.9. The predicted octanol–water partition coefficient (Wildman–Crippen LogP) is 1.58. The molecule has 1 atom stereocenters. The molecule has 0 radical (unpaired) electrons. The second-order valence-corrected chi connectivity index (χ2v) is 8.56. The average Bonchev–Trinajstić information content (AvgIpc) is 2.56. The van der Waals surface area contributed by atoms with E-state index in [1.165, 1.54) is 31.2 Å². The molecule has 1 heterocycles. The Morgan fingerprint density at radius 1 is 1.29 bits per heavy atom. The molecule has 0 saturated heterocycles. The van der Waals surface area contributed by atoms with Gasteiger partial charge >= 0.3 is 16.4 Å². The number of nitrogens with one attached hydrogen (secondary N) is 1. The van der Waals surface area contributed by atoms with Gasteiger partial charge in [-0.25, -0.2) is 9.86 Å². The maximum absolute atomic E-state index is 12.7. The summed E-state index contributed by atoms with van der Waals surface area (Å²) in [6, 6.07) is 3.77. The lowest BCUT2D eigenvalue weighted by Crippen LogP contribution is -2.53. The van der Waals surface area contributed by atoms with Crippen molar-refractivity contribution in [3.63, 3.8) is 0 Å². The van der Waals surface area contributed by atoms with Crippen molar-refractivity contribution in [3.05, 3.63) is 29.3 Å². The van der Waals surface area contributed by atoms with Gasteiger partial charge < -0.3 is 4.74 Å². The molecular formula is C17H25N3O7S. The van der Waals surface area contributed by atoms with Gasteiger partial charge in [0.1, 0.15) is 11.6 Å². The van der Waals surface area contributed by atoms with Gasteiger partial charge in [-0.05, 0) is 44.0 Å². The minimum Gasteiger partial charge on any atom is -0.444 e. The number of fused-ring (bicyclic) bond motifs is 1. The van der Waals surface area contributed by atoms with Crippen molar-refractivity contribution in [3.8, 4) is 0 Å². The number of ether oxygens (including phenoxy) is 1. The number of hydroxylamine groups is 2. The number of carbonyl (C=O) groups excluding carboxylic acids is 2. The first-order valence-corrected chi connectivity index (χ1v) is 9.93. The fourth-order valence-electron chi connectivity index (χ4n) is 2.83. The number of nitrogens with zero attached hydrogens (tertiary/aromatic N) is 2. The molecule has 10 nitrogen and oxygen atoms in total. The van der Waals surface area contributed by atoms with Crippen molar-refractivity contribution in [1.82, 2.24) is 9.96 Å². The molecule has 0 aliphatic carbocycles. The molecule has 1 aliphatic rings. The molecule has 2 N–H and O–H groups in total. The Bertz CT molecular complexity index is 864. The third-order valence-electron chi connectivity index (χ3n) is 4.08. The highest BCUT2D eigenvalue weighted by molar-refractivity contribution is 7.87. The molecule has 0 bridgehead atoms. The number of hydrogen-bond acceptors (Lipinski definition) is 6. The predicted molar refractivity (Wildman–Crippen MR) is 101 cm³/mol. The highest BCUT2D eigenvalue weighted by atomic mass is 32.2. The Balaban J connectivity index is 2.39. The van der Waals surface area contributed by atoms with Crippen LogP contribution in [0, 0.1) is 0 Å². The molecule has 0 aromatic heterocycles. The lowest BCUT2D eigenvalue weighted by atomic mass is 9.93. The van der Waals surface area contributed by atoms with Gasteiger partial charge in [-0.3, -0.25) is 23.8 Å². The van der Waals surface area contributed by atoms with Crippen LogP contribution in [0.15, 0.2) is 18.2 Å². The maximum Gasteiger partial charge on any atom is 0.411 e. The van der Waals surface area contributed by atoms with E-state index in [1.54, 1.807) is 26.8 Å². The molecule has 2 amide bonds. The van der Waals surface area contributed by atoms with E-state index in [1.807, 2.05) is 4.72 Å². The van der Waals surface area contributed by atoms with Gasteiger partial charge in [-0.1, -0.05) is 6.07 Å². The highest BCUT2D eigenvalue weighted by Crippen LogP contribution is 2.28. The van der Waals surface area contributed by atoms with Crippen molar-refractivity contribution < 1.29 is 32.1 Å². The summed E-state index contributed by atoms with van der Waals surface area (Å²) in [4.78, 5) is 31.6. The van der Waals surface area contributed by atoms with Crippen molar-refractivity contribution in [2.45, 2.75) is 45.4 Å². The maximum atomic E-state index is 12.7. The molecular weight excluding hydrogens is 390 g/mol. The average molecular weight is 415 g/mol. The largest absolute Gasteiger partial charge is 0.444 e. The summed E-state index contributed by atoms with van der Waals surface area (Å²) in [5, 5.41) is 1.04. The molecule has 156 valence electrons. The van der Waals surface area contributed by atoms with E-state index >= 15 is 0 Å². The van der Waals surface area contributed by atoms with Gasteiger partial charge in [0.2, 0.25) is 0 Å². The summed E-state index contributed by atoms with van der Waals surface area (Å²) < 4.78 is 38.4. The van der Waals surface area contributed by atoms with Crippen LogP contribution in [0.5, 0.6) is 0 Å². The number of likely N-dealkylation sites (N-methyl/N-ethyl adjacent to an activating group) is 1. The van der Waals surface area contributed by atoms with Crippen LogP contribution in [0.25, 0.3) is 0 Å². The molecule has 1 aromatic carbocycles. The van der Waals surface area contributed by atoms with E-state index in [4.69, 9.17) is 14.1 Å². The molecule has 1 aliphatic heterocycles. The number of carbonyl (C=O) groups is 2. The van der Waals surface area contributed by atoms with Crippen LogP contribution in [0.2, 0.25) is 0 Å². The second-order valence-electron chi connectivity index (χ2n) is 7.41. The zero-order chi connectivity index (χ0) is 21.3. The summed E-state index contributed by atoms with van der Waals surface area (Å²) >= 11 is 0. The van der Waals surface area contributed by atoms with Crippen LogP contribution in [0.4, 0.5) is 10.5 Å². The van der Waals surface area contributed by atoms with Gasteiger partial charge in [0.25, 0.3) is 5.91 Å². The molecule has 0 spiro atoms. The molecule has 0 unspecified atom stereocenters. The van der Waals surface area contributed by atoms with Gasteiger partial charge in [-0.2, -0.15) is 8.42 Å². The van der Waals surface area contributed by atoms with Crippen LogP contribution in [0.1, 0.15) is 31.9 Å². The summed E-state index contributed by atoms with van der Waals surface area (Å²) in [6.07, 6.45) is -0.470. The summed E-state index contributed by atoms with van der Waals surface area (Å²) in [6.45, 7) is 5.18. The van der Waals surface area contributed by atoms with Crippen molar-refractivity contribution in [1.29, 1.82) is 0 Å². The number of anilines is 1. The standard InChI is InChI=1S/C17H25N3O7S/c1-17(2,3)27-16(22)20-10-12-8-13(18-28(23,24)25)7-6-11(12)9-14(20)15(21)19(4)26-5/h6-8,14,18H,9-10H2,1-5H3,(H,23,24,25)/t14-/m0/s1. The van der Waals surface area contributed by atoms with Gasteiger partial charge in [-0.15, -0.1) is 0 Å². The first-order chi connectivity index (χ1) is 12.8. The summed E-state index contributed by atoms with van der Waals surface area (Å²) in [7, 11) is -1.63. The van der Waals surface area contributed by atoms with Gasteiger partial charge in [0.05, 0.1) is 19.3 Å². The SMILES string of the molecule is CON(C)C(=O)[C@@H]1Cc2ccc(NS(=O)(=O)O)cc2CN1C(=O)OC(C)(C)C. The smallest absolute Gasteiger partial charge is 0.411 e. The van der Waals surface area contributed by atoms with Crippen LogP contribution in [-0.4, -0.2) is 60.7 Å². The topological polar surface area (TPSA) is 125 Å². The van der Waals surface area contributed by atoms with E-state index in [0.717, 1.165) is 10.6 Å². The fraction of sp³-hybridized carbons (Fsp3) is 0.529. The van der Waals surface area contributed by atoms with E-state index in [9.17, 15) is 18.0 Å². The molecule has 1 aromatic rings. The molecule has 11 heteroatoms. The number of amides is 2. The Morgan fingerprint density at radius 2 is 1.93 bits per heavy atom. The summed E-state index contributed by atoms with van der Waals surface area (Å²) in [5.74, 6) is -0.417.